The zero-order valence-corrected chi connectivity index (χ0v) is 16.1. The topological polar surface area (TPSA) is 52.6 Å². The fraction of sp³-hybridized carbons (Fsp3) is 0.900. The molecule has 0 aliphatic heterocycles. The van der Waals surface area contributed by atoms with E-state index in [2.05, 4.69) is 6.92 Å². The van der Waals surface area contributed by atoms with Crippen LogP contribution in [0.2, 0.25) is 0 Å². The summed E-state index contributed by atoms with van der Waals surface area (Å²) in [6.45, 7) is 7.30. The highest BCUT2D eigenvalue weighted by Gasteiger charge is 2.06. The van der Waals surface area contributed by atoms with E-state index in [1.165, 1.54) is 32.1 Å². The minimum atomic E-state index is -0.134. The van der Waals surface area contributed by atoms with Crippen molar-refractivity contribution in [3.05, 3.63) is 0 Å². The lowest BCUT2D eigenvalue weighted by Crippen LogP contribution is -2.09. The van der Waals surface area contributed by atoms with Crippen molar-refractivity contribution in [1.82, 2.24) is 0 Å². The van der Waals surface area contributed by atoms with Crippen LogP contribution in [-0.4, -0.2) is 25.2 Å². The molecule has 4 heteroatoms. The predicted octanol–water partition coefficient (Wildman–Crippen LogP) is 5.43. The predicted molar refractivity (Wildman–Crippen MR) is 97.8 cm³/mol. The van der Waals surface area contributed by atoms with Crippen LogP contribution in [0, 0.1) is 5.92 Å². The first-order valence-electron chi connectivity index (χ1n) is 9.87. The molecule has 0 atom stereocenters. The van der Waals surface area contributed by atoms with Gasteiger partial charge in [-0.2, -0.15) is 0 Å². The van der Waals surface area contributed by atoms with Gasteiger partial charge in [-0.25, -0.2) is 0 Å². The molecule has 0 bridgehead atoms. The molecule has 0 aromatic carbocycles. The molecule has 24 heavy (non-hydrogen) atoms. The Bertz CT molecular complexity index is 313. The smallest absolute Gasteiger partial charge is 0.305 e. The van der Waals surface area contributed by atoms with E-state index in [1.807, 2.05) is 13.8 Å². The van der Waals surface area contributed by atoms with E-state index in [-0.39, 0.29) is 11.9 Å². The monoisotopic (exact) mass is 342 g/mol. The van der Waals surface area contributed by atoms with Gasteiger partial charge in [0.05, 0.1) is 13.2 Å². The molecule has 0 amide bonds. The van der Waals surface area contributed by atoms with Crippen LogP contribution in [0.4, 0.5) is 0 Å². The van der Waals surface area contributed by atoms with Crippen molar-refractivity contribution in [3.8, 4) is 0 Å². The van der Waals surface area contributed by atoms with Crippen LogP contribution in [0.25, 0.3) is 0 Å². The van der Waals surface area contributed by atoms with Crippen molar-refractivity contribution < 1.29 is 19.1 Å². The molecule has 0 aliphatic carbocycles. The standard InChI is InChI=1S/C20H38O4/c1-4-5-6-7-8-9-13-16-23-19(21)14-11-10-12-15-20(22)24-17-18(2)3/h18H,4-17H2,1-3H3. The largest absolute Gasteiger partial charge is 0.466 e. The second kappa shape index (κ2) is 16.8. The Morgan fingerprint density at radius 1 is 0.708 bits per heavy atom. The molecule has 0 N–H and O–H groups in total. The van der Waals surface area contributed by atoms with E-state index in [9.17, 15) is 9.59 Å². The number of hydrogen-bond donors (Lipinski definition) is 0. The van der Waals surface area contributed by atoms with Crippen molar-refractivity contribution in [2.45, 2.75) is 97.8 Å². The van der Waals surface area contributed by atoms with Crippen LogP contribution in [0.3, 0.4) is 0 Å². The lowest BCUT2D eigenvalue weighted by molar-refractivity contribution is -0.144. The fourth-order valence-corrected chi connectivity index (χ4v) is 2.36. The number of unbranched alkanes of at least 4 members (excludes halogenated alkanes) is 8. The highest BCUT2D eigenvalue weighted by atomic mass is 16.5. The van der Waals surface area contributed by atoms with Gasteiger partial charge in [0.15, 0.2) is 0 Å². The zero-order valence-electron chi connectivity index (χ0n) is 16.1. The Hall–Kier alpha value is -1.06. The van der Waals surface area contributed by atoms with Gasteiger partial charge in [0.2, 0.25) is 0 Å². The van der Waals surface area contributed by atoms with Gasteiger partial charge in [0.25, 0.3) is 0 Å². The molecule has 0 heterocycles. The first-order valence-corrected chi connectivity index (χ1v) is 9.87. The Labute approximate surface area is 148 Å². The molecule has 4 nitrogen and oxygen atoms in total. The van der Waals surface area contributed by atoms with Gasteiger partial charge in [0, 0.05) is 12.8 Å². The van der Waals surface area contributed by atoms with E-state index < -0.39 is 0 Å². The van der Waals surface area contributed by atoms with Crippen LogP contribution >= 0.6 is 0 Å². The maximum atomic E-state index is 11.6. The zero-order chi connectivity index (χ0) is 18.0. The highest BCUT2D eigenvalue weighted by Crippen LogP contribution is 2.08. The van der Waals surface area contributed by atoms with Gasteiger partial charge in [-0.15, -0.1) is 0 Å². The van der Waals surface area contributed by atoms with Gasteiger partial charge < -0.3 is 9.47 Å². The first kappa shape index (κ1) is 22.9. The minimum Gasteiger partial charge on any atom is -0.466 e. The maximum Gasteiger partial charge on any atom is 0.305 e. The summed E-state index contributed by atoms with van der Waals surface area (Å²) in [6.07, 6.45) is 11.9. The van der Waals surface area contributed by atoms with E-state index in [4.69, 9.17) is 9.47 Å². The summed E-state index contributed by atoms with van der Waals surface area (Å²) in [5.41, 5.74) is 0. The van der Waals surface area contributed by atoms with Crippen molar-refractivity contribution in [2.24, 2.45) is 5.92 Å². The van der Waals surface area contributed by atoms with Gasteiger partial charge in [-0.3, -0.25) is 9.59 Å². The van der Waals surface area contributed by atoms with E-state index in [1.54, 1.807) is 0 Å². The minimum absolute atomic E-state index is 0.108. The van der Waals surface area contributed by atoms with Gasteiger partial charge in [-0.05, 0) is 25.2 Å². The summed E-state index contributed by atoms with van der Waals surface area (Å²) in [5, 5.41) is 0. The molecule has 0 spiro atoms. The second-order valence-electron chi connectivity index (χ2n) is 6.98. The van der Waals surface area contributed by atoms with Crippen LogP contribution < -0.4 is 0 Å². The third kappa shape index (κ3) is 17.3. The Kier molecular flexibility index (Phi) is 16.0. The highest BCUT2D eigenvalue weighted by molar-refractivity contribution is 5.69. The van der Waals surface area contributed by atoms with Gasteiger partial charge >= 0.3 is 11.9 Å². The molecule has 0 aliphatic rings. The van der Waals surface area contributed by atoms with E-state index in [0.717, 1.165) is 32.1 Å². The SMILES string of the molecule is CCCCCCCCCOC(=O)CCCCCC(=O)OCC(C)C. The number of carbonyl (C=O) groups is 2. The van der Waals surface area contributed by atoms with Crippen LogP contribution in [0.5, 0.6) is 0 Å². The van der Waals surface area contributed by atoms with Crippen LogP contribution in [0.1, 0.15) is 97.8 Å². The number of ether oxygens (including phenoxy) is 2. The number of carbonyl (C=O) groups excluding carboxylic acids is 2. The van der Waals surface area contributed by atoms with Crippen molar-refractivity contribution in [2.75, 3.05) is 13.2 Å². The number of esters is 2. The number of hydrogen-bond acceptors (Lipinski definition) is 4. The summed E-state index contributed by atoms with van der Waals surface area (Å²) in [5.74, 6) is 0.133. The maximum absolute atomic E-state index is 11.6. The molecule has 0 aromatic rings. The molecular formula is C20H38O4. The summed E-state index contributed by atoms with van der Waals surface area (Å²) in [4.78, 5) is 23.0. The third-order valence-electron chi connectivity index (χ3n) is 3.85. The molecule has 0 aromatic heterocycles. The molecule has 0 fully saturated rings. The van der Waals surface area contributed by atoms with Crippen LogP contribution in [-0.2, 0) is 19.1 Å². The summed E-state index contributed by atoms with van der Waals surface area (Å²) in [6, 6.07) is 0. The first-order chi connectivity index (χ1) is 11.6. The van der Waals surface area contributed by atoms with Crippen molar-refractivity contribution >= 4 is 11.9 Å². The lowest BCUT2D eigenvalue weighted by atomic mass is 10.1. The average molecular weight is 343 g/mol. The van der Waals surface area contributed by atoms with E-state index in [0.29, 0.717) is 32.0 Å². The molecular weight excluding hydrogens is 304 g/mol. The van der Waals surface area contributed by atoms with E-state index >= 15 is 0 Å². The molecule has 0 unspecified atom stereocenters. The normalized spacial score (nSPS) is 10.8. The molecule has 142 valence electrons. The quantitative estimate of drug-likeness (QED) is 0.277. The molecule has 0 rings (SSSR count). The fourth-order valence-electron chi connectivity index (χ4n) is 2.36. The molecule has 0 saturated heterocycles. The molecule has 0 saturated carbocycles. The second-order valence-corrected chi connectivity index (χ2v) is 6.98. The Morgan fingerprint density at radius 3 is 1.79 bits per heavy atom. The third-order valence-corrected chi connectivity index (χ3v) is 3.85. The lowest BCUT2D eigenvalue weighted by Gasteiger charge is -2.07. The van der Waals surface area contributed by atoms with Crippen molar-refractivity contribution in [3.63, 3.8) is 0 Å². The Morgan fingerprint density at radius 2 is 1.21 bits per heavy atom. The molecule has 0 radical (unpaired) electrons. The summed E-state index contributed by atoms with van der Waals surface area (Å²) >= 11 is 0. The summed E-state index contributed by atoms with van der Waals surface area (Å²) in [7, 11) is 0. The average Bonchev–Trinajstić information content (AvgIpc) is 2.55. The summed E-state index contributed by atoms with van der Waals surface area (Å²) < 4.78 is 10.3. The van der Waals surface area contributed by atoms with Gasteiger partial charge in [-0.1, -0.05) is 65.7 Å². The van der Waals surface area contributed by atoms with Crippen molar-refractivity contribution in [1.29, 1.82) is 0 Å². The van der Waals surface area contributed by atoms with Crippen LogP contribution in [0.15, 0.2) is 0 Å². The Balaban J connectivity index is 3.30. The van der Waals surface area contributed by atoms with Gasteiger partial charge in [0.1, 0.15) is 0 Å². The number of rotatable bonds is 16.